The number of anilines is 2. The number of hydrogen-bond donors (Lipinski definition) is 2. The van der Waals surface area contributed by atoms with E-state index >= 15 is 0 Å². The number of rotatable bonds is 10. The monoisotopic (exact) mass is 467 g/mol. The molecule has 1 atom stereocenters. The molecule has 2 heterocycles. The van der Waals surface area contributed by atoms with Crippen LogP contribution in [0.25, 0.3) is 0 Å². The Balaban J connectivity index is 2.09. The van der Waals surface area contributed by atoms with Gasteiger partial charge < -0.3 is 16.4 Å². The Morgan fingerprint density at radius 3 is 2.45 bits per heavy atom. The maximum atomic E-state index is 13.8. The largest absolute Gasteiger partial charge is 0.384 e. The van der Waals surface area contributed by atoms with Crippen molar-refractivity contribution in [3.63, 3.8) is 0 Å². The number of nitrogen functional groups attached to an aromatic ring is 1. The zero-order valence-corrected chi connectivity index (χ0v) is 20.3. The number of aromatic nitrogens is 2. The van der Waals surface area contributed by atoms with Crippen LogP contribution in [0.15, 0.2) is 65.8 Å². The molecule has 4 N–H and O–H groups in total. The zero-order chi connectivity index (χ0) is 24.1. The van der Waals surface area contributed by atoms with Crippen LogP contribution in [0, 0.1) is 0 Å². The molecule has 3 aromatic rings. The summed E-state index contributed by atoms with van der Waals surface area (Å²) in [5.41, 5.74) is 15.9. The third-order valence-corrected chi connectivity index (χ3v) is 7.85. The van der Waals surface area contributed by atoms with Crippen LogP contribution in [-0.2, 0) is 27.5 Å². The molecule has 1 aromatic carbocycles. The highest BCUT2D eigenvalue weighted by molar-refractivity contribution is 7.92. The van der Waals surface area contributed by atoms with E-state index in [-0.39, 0.29) is 23.0 Å². The standard InChI is InChI=1S/C25H33N5O2S/c1-4-5-6-10-20-15-14-19(17-21(20)30(2)3)18-25(27,22-11-9-12-23(26)29-22)33(31,32)24-13-7-8-16-28-24/h7-9,11-17H,4-6,10,18,27H2,1-3H3,(H2,26,29). The van der Waals surface area contributed by atoms with Crippen molar-refractivity contribution in [2.75, 3.05) is 24.7 Å². The van der Waals surface area contributed by atoms with Crippen molar-refractivity contribution in [3.8, 4) is 0 Å². The van der Waals surface area contributed by atoms with E-state index in [0.29, 0.717) is 0 Å². The Labute approximate surface area is 196 Å². The molecule has 0 radical (unpaired) electrons. The third-order valence-electron chi connectivity index (χ3n) is 5.74. The van der Waals surface area contributed by atoms with Gasteiger partial charge in [-0.25, -0.2) is 18.4 Å². The molecule has 0 aliphatic carbocycles. The normalized spacial score (nSPS) is 13.5. The number of pyridine rings is 2. The highest BCUT2D eigenvalue weighted by Crippen LogP contribution is 2.34. The summed E-state index contributed by atoms with van der Waals surface area (Å²) in [6.45, 7) is 2.18. The molecule has 0 spiro atoms. The lowest BCUT2D eigenvalue weighted by molar-refractivity contribution is 0.512. The summed E-state index contributed by atoms with van der Waals surface area (Å²) in [7, 11) is -0.118. The Morgan fingerprint density at radius 1 is 1.03 bits per heavy atom. The number of nitrogens with zero attached hydrogens (tertiary/aromatic N) is 3. The summed E-state index contributed by atoms with van der Waals surface area (Å²) in [4.78, 5) is 8.57. The molecule has 0 bridgehead atoms. The second-order valence-electron chi connectivity index (χ2n) is 8.50. The van der Waals surface area contributed by atoms with Crippen molar-refractivity contribution in [2.24, 2.45) is 5.73 Å². The number of nitrogens with two attached hydrogens (primary N) is 2. The van der Waals surface area contributed by atoms with Crippen LogP contribution in [0.2, 0.25) is 0 Å². The molecule has 3 rings (SSSR count). The van der Waals surface area contributed by atoms with Gasteiger partial charge in [0.1, 0.15) is 5.82 Å². The summed E-state index contributed by atoms with van der Waals surface area (Å²) in [5, 5.41) is -0.0965. The first kappa shape index (κ1) is 24.7. The van der Waals surface area contributed by atoms with Gasteiger partial charge in [-0.15, -0.1) is 0 Å². The summed E-state index contributed by atoms with van der Waals surface area (Å²) in [6.07, 6.45) is 5.87. The molecular weight excluding hydrogens is 434 g/mol. The topological polar surface area (TPSA) is 115 Å². The van der Waals surface area contributed by atoms with Gasteiger partial charge in [-0.3, -0.25) is 0 Å². The summed E-state index contributed by atoms with van der Waals surface area (Å²) >= 11 is 0. The molecule has 0 fully saturated rings. The van der Waals surface area contributed by atoms with Crippen molar-refractivity contribution in [3.05, 3.63) is 77.6 Å². The number of hydrogen-bond acceptors (Lipinski definition) is 7. The number of benzene rings is 1. The zero-order valence-electron chi connectivity index (χ0n) is 19.5. The van der Waals surface area contributed by atoms with Gasteiger partial charge in [0.15, 0.2) is 9.90 Å². The lowest BCUT2D eigenvalue weighted by Crippen LogP contribution is -2.47. The van der Waals surface area contributed by atoms with Crippen molar-refractivity contribution in [1.82, 2.24) is 9.97 Å². The average Bonchev–Trinajstić information content (AvgIpc) is 2.80. The molecule has 0 saturated carbocycles. The van der Waals surface area contributed by atoms with Crippen LogP contribution in [0.3, 0.4) is 0 Å². The van der Waals surface area contributed by atoms with Gasteiger partial charge in [0.25, 0.3) is 0 Å². The maximum Gasteiger partial charge on any atom is 0.220 e. The van der Waals surface area contributed by atoms with Gasteiger partial charge >= 0.3 is 0 Å². The van der Waals surface area contributed by atoms with E-state index in [2.05, 4.69) is 27.9 Å². The minimum absolute atomic E-state index is 0.0262. The molecular formula is C25H33N5O2S. The van der Waals surface area contributed by atoms with E-state index in [1.54, 1.807) is 30.3 Å². The van der Waals surface area contributed by atoms with Crippen molar-refractivity contribution in [1.29, 1.82) is 0 Å². The SMILES string of the molecule is CCCCCc1ccc(CC(N)(c2cccc(N)n2)S(=O)(=O)c2ccccn2)cc1N(C)C. The number of aryl methyl sites for hydroxylation is 1. The average molecular weight is 468 g/mol. The quantitative estimate of drug-likeness (QED) is 0.437. The third kappa shape index (κ3) is 5.34. The minimum Gasteiger partial charge on any atom is -0.384 e. The highest BCUT2D eigenvalue weighted by atomic mass is 32.2. The van der Waals surface area contributed by atoms with Gasteiger partial charge in [0, 0.05) is 32.4 Å². The van der Waals surface area contributed by atoms with E-state index in [1.165, 1.54) is 24.2 Å². The molecule has 2 aromatic heterocycles. The fraction of sp³-hybridized carbons (Fsp3) is 0.360. The molecule has 0 aliphatic heterocycles. The van der Waals surface area contributed by atoms with Crippen LogP contribution in [0.5, 0.6) is 0 Å². The van der Waals surface area contributed by atoms with Crippen molar-refractivity contribution in [2.45, 2.75) is 48.9 Å². The first-order valence-electron chi connectivity index (χ1n) is 11.2. The maximum absolute atomic E-state index is 13.8. The molecule has 1 unspecified atom stereocenters. The molecule has 7 nitrogen and oxygen atoms in total. The first-order chi connectivity index (χ1) is 15.7. The Morgan fingerprint density at radius 2 is 1.82 bits per heavy atom. The summed E-state index contributed by atoms with van der Waals surface area (Å²) < 4.78 is 27.5. The van der Waals surface area contributed by atoms with E-state index in [1.807, 2.05) is 26.2 Å². The predicted octanol–water partition coefficient (Wildman–Crippen LogP) is 3.69. The fourth-order valence-electron chi connectivity index (χ4n) is 3.92. The number of sulfone groups is 1. The molecule has 0 aliphatic rings. The molecule has 33 heavy (non-hydrogen) atoms. The first-order valence-corrected chi connectivity index (χ1v) is 12.6. The van der Waals surface area contributed by atoms with Crippen LogP contribution in [-0.4, -0.2) is 32.5 Å². The Kier molecular flexibility index (Phi) is 7.71. The molecule has 8 heteroatoms. The van der Waals surface area contributed by atoms with E-state index in [0.717, 1.165) is 30.5 Å². The van der Waals surface area contributed by atoms with Gasteiger partial charge in [-0.1, -0.05) is 44.0 Å². The van der Waals surface area contributed by atoms with Gasteiger partial charge in [0.2, 0.25) is 9.84 Å². The molecule has 176 valence electrons. The van der Waals surface area contributed by atoms with Gasteiger partial charge in [-0.05, 0) is 54.3 Å². The van der Waals surface area contributed by atoms with Crippen LogP contribution in [0.4, 0.5) is 11.5 Å². The van der Waals surface area contributed by atoms with Crippen LogP contribution >= 0.6 is 0 Å². The van der Waals surface area contributed by atoms with Gasteiger partial charge in [-0.2, -0.15) is 0 Å². The fourth-order valence-corrected chi connectivity index (χ4v) is 5.50. The lowest BCUT2D eigenvalue weighted by Gasteiger charge is -2.29. The molecule has 0 saturated heterocycles. The highest BCUT2D eigenvalue weighted by Gasteiger charge is 2.45. The lowest BCUT2D eigenvalue weighted by atomic mass is 9.97. The van der Waals surface area contributed by atoms with Crippen LogP contribution < -0.4 is 16.4 Å². The molecule has 0 amide bonds. The van der Waals surface area contributed by atoms with E-state index < -0.39 is 14.7 Å². The second kappa shape index (κ2) is 10.3. The number of unbranched alkanes of at least 4 members (excludes halogenated alkanes) is 2. The Hall–Kier alpha value is -2.97. The second-order valence-corrected chi connectivity index (χ2v) is 10.7. The van der Waals surface area contributed by atoms with Crippen molar-refractivity contribution < 1.29 is 8.42 Å². The van der Waals surface area contributed by atoms with Crippen molar-refractivity contribution >= 4 is 21.3 Å². The van der Waals surface area contributed by atoms with E-state index in [9.17, 15) is 8.42 Å². The van der Waals surface area contributed by atoms with E-state index in [4.69, 9.17) is 11.5 Å². The predicted molar refractivity (Wildman–Crippen MR) is 134 cm³/mol. The van der Waals surface area contributed by atoms with Crippen LogP contribution in [0.1, 0.15) is 43.0 Å². The van der Waals surface area contributed by atoms with Gasteiger partial charge in [0.05, 0.1) is 5.69 Å². The summed E-state index contributed by atoms with van der Waals surface area (Å²) in [6, 6.07) is 15.6. The minimum atomic E-state index is -4.09. The smallest absolute Gasteiger partial charge is 0.220 e. The Bertz CT molecular complexity index is 1180. The summed E-state index contributed by atoms with van der Waals surface area (Å²) in [5.74, 6) is 0.207.